The first-order chi connectivity index (χ1) is 7.74. The normalized spacial score (nSPS) is 10.9. The third kappa shape index (κ3) is 2.66. The van der Waals surface area contributed by atoms with Crippen LogP contribution in [0.4, 0.5) is 5.95 Å². The van der Waals surface area contributed by atoms with Crippen LogP contribution in [0, 0.1) is 13.8 Å². The molecule has 0 atom stereocenters. The Labute approximate surface area is 93.2 Å². The second kappa shape index (κ2) is 4.57. The van der Waals surface area contributed by atoms with Crippen LogP contribution in [0.25, 0.3) is 0 Å². The minimum absolute atomic E-state index is 0.486. The van der Waals surface area contributed by atoms with E-state index in [-0.39, 0.29) is 0 Å². The SMILES string of the molecule is Cc1cc(C)nc(N/N=C/c2ccco2)n1. The molecule has 0 aliphatic carbocycles. The highest BCUT2D eigenvalue weighted by Gasteiger charge is 1.96. The summed E-state index contributed by atoms with van der Waals surface area (Å²) >= 11 is 0. The number of hydrazone groups is 1. The van der Waals surface area contributed by atoms with E-state index in [1.54, 1.807) is 18.5 Å². The highest BCUT2D eigenvalue weighted by Crippen LogP contribution is 2.03. The Kier molecular flexibility index (Phi) is 2.95. The molecule has 5 nitrogen and oxygen atoms in total. The van der Waals surface area contributed by atoms with Crippen molar-refractivity contribution < 1.29 is 4.42 Å². The van der Waals surface area contributed by atoms with Gasteiger partial charge >= 0.3 is 0 Å². The van der Waals surface area contributed by atoms with Crippen LogP contribution >= 0.6 is 0 Å². The molecule has 5 heteroatoms. The Morgan fingerprint density at radius 3 is 2.69 bits per heavy atom. The largest absolute Gasteiger partial charge is 0.463 e. The summed E-state index contributed by atoms with van der Waals surface area (Å²) in [4.78, 5) is 8.37. The van der Waals surface area contributed by atoms with E-state index in [1.807, 2.05) is 26.0 Å². The lowest BCUT2D eigenvalue weighted by Crippen LogP contribution is -1.99. The third-order valence-electron chi connectivity index (χ3n) is 1.88. The summed E-state index contributed by atoms with van der Waals surface area (Å²) in [6.45, 7) is 3.83. The van der Waals surface area contributed by atoms with Crippen LogP contribution in [-0.4, -0.2) is 16.2 Å². The van der Waals surface area contributed by atoms with E-state index in [9.17, 15) is 0 Å². The van der Waals surface area contributed by atoms with Gasteiger partial charge in [-0.3, -0.25) is 0 Å². The number of nitrogens with zero attached hydrogens (tertiary/aromatic N) is 3. The van der Waals surface area contributed by atoms with Gasteiger partial charge in [0.25, 0.3) is 0 Å². The highest BCUT2D eigenvalue weighted by atomic mass is 16.3. The van der Waals surface area contributed by atoms with E-state index in [1.165, 1.54) is 0 Å². The second-order valence-corrected chi connectivity index (χ2v) is 3.36. The molecule has 2 heterocycles. The number of anilines is 1. The molecule has 0 saturated heterocycles. The van der Waals surface area contributed by atoms with Crippen molar-refractivity contribution >= 4 is 12.2 Å². The minimum Gasteiger partial charge on any atom is -0.463 e. The zero-order chi connectivity index (χ0) is 11.4. The Bertz CT molecular complexity index is 470. The minimum atomic E-state index is 0.486. The molecule has 2 aromatic heterocycles. The van der Waals surface area contributed by atoms with Gasteiger partial charge in [-0.15, -0.1) is 0 Å². The van der Waals surface area contributed by atoms with Crippen molar-refractivity contribution in [3.8, 4) is 0 Å². The number of aryl methyl sites for hydroxylation is 2. The van der Waals surface area contributed by atoms with Crippen molar-refractivity contribution in [3.05, 3.63) is 41.6 Å². The number of aromatic nitrogens is 2. The van der Waals surface area contributed by atoms with Crippen LogP contribution in [0.5, 0.6) is 0 Å². The summed E-state index contributed by atoms with van der Waals surface area (Å²) < 4.78 is 5.09. The molecular formula is C11H12N4O. The second-order valence-electron chi connectivity index (χ2n) is 3.36. The van der Waals surface area contributed by atoms with Gasteiger partial charge in [-0.2, -0.15) is 5.10 Å². The molecule has 0 aromatic carbocycles. The Hall–Kier alpha value is -2.17. The van der Waals surface area contributed by atoms with Crippen LogP contribution < -0.4 is 5.43 Å². The molecule has 0 fully saturated rings. The lowest BCUT2D eigenvalue weighted by atomic mass is 10.4. The number of hydrogen-bond donors (Lipinski definition) is 1. The molecule has 1 N–H and O–H groups in total. The van der Waals surface area contributed by atoms with Crippen LogP contribution in [0.3, 0.4) is 0 Å². The molecule has 0 unspecified atom stereocenters. The maximum atomic E-state index is 5.09. The quantitative estimate of drug-likeness (QED) is 0.630. The average molecular weight is 216 g/mol. The Morgan fingerprint density at radius 1 is 1.31 bits per heavy atom. The van der Waals surface area contributed by atoms with E-state index < -0.39 is 0 Å². The summed E-state index contributed by atoms with van der Waals surface area (Å²) in [5.74, 6) is 1.16. The molecule has 0 aliphatic heterocycles. The zero-order valence-electron chi connectivity index (χ0n) is 9.14. The average Bonchev–Trinajstić information content (AvgIpc) is 2.69. The summed E-state index contributed by atoms with van der Waals surface area (Å²) in [6, 6.07) is 5.52. The summed E-state index contributed by atoms with van der Waals surface area (Å²) in [5, 5.41) is 3.97. The standard InChI is InChI=1S/C11H12N4O/c1-8-6-9(2)14-11(13-8)15-12-7-10-4-3-5-16-10/h3-7H,1-2H3,(H,13,14,15)/b12-7+. The van der Waals surface area contributed by atoms with E-state index in [0.717, 1.165) is 11.4 Å². The van der Waals surface area contributed by atoms with E-state index in [4.69, 9.17) is 4.42 Å². The molecule has 16 heavy (non-hydrogen) atoms. The van der Waals surface area contributed by atoms with Crippen LogP contribution in [0.1, 0.15) is 17.1 Å². The van der Waals surface area contributed by atoms with Crippen LogP contribution in [0.2, 0.25) is 0 Å². The maximum Gasteiger partial charge on any atom is 0.243 e. The van der Waals surface area contributed by atoms with Crippen molar-refractivity contribution in [1.82, 2.24) is 9.97 Å². The number of furan rings is 1. The van der Waals surface area contributed by atoms with E-state index in [2.05, 4.69) is 20.5 Å². The predicted molar refractivity (Wildman–Crippen MR) is 61.4 cm³/mol. The van der Waals surface area contributed by atoms with Gasteiger partial charge in [-0.1, -0.05) is 0 Å². The predicted octanol–water partition coefficient (Wildman–Crippen LogP) is 2.13. The molecule has 82 valence electrons. The molecule has 2 rings (SSSR count). The summed E-state index contributed by atoms with van der Waals surface area (Å²) in [5.41, 5.74) is 4.56. The molecule has 0 saturated carbocycles. The zero-order valence-corrected chi connectivity index (χ0v) is 9.14. The van der Waals surface area contributed by atoms with E-state index >= 15 is 0 Å². The van der Waals surface area contributed by atoms with Gasteiger partial charge in [0, 0.05) is 11.4 Å². The maximum absolute atomic E-state index is 5.09. The molecule has 0 aliphatic rings. The number of rotatable bonds is 3. The molecular weight excluding hydrogens is 204 g/mol. The molecule has 0 spiro atoms. The van der Waals surface area contributed by atoms with Crippen molar-refractivity contribution in [1.29, 1.82) is 0 Å². The Morgan fingerprint density at radius 2 is 2.06 bits per heavy atom. The highest BCUT2D eigenvalue weighted by molar-refractivity contribution is 5.76. The first-order valence-electron chi connectivity index (χ1n) is 4.89. The van der Waals surface area contributed by atoms with Crippen molar-refractivity contribution in [2.75, 3.05) is 5.43 Å². The third-order valence-corrected chi connectivity index (χ3v) is 1.88. The fourth-order valence-electron chi connectivity index (χ4n) is 1.29. The van der Waals surface area contributed by atoms with Crippen LogP contribution in [0.15, 0.2) is 34.0 Å². The topological polar surface area (TPSA) is 63.3 Å². The molecule has 0 radical (unpaired) electrons. The van der Waals surface area contributed by atoms with Gasteiger partial charge in [0.05, 0.1) is 12.5 Å². The van der Waals surface area contributed by atoms with Crippen molar-refractivity contribution in [2.45, 2.75) is 13.8 Å². The van der Waals surface area contributed by atoms with Gasteiger partial charge < -0.3 is 4.42 Å². The lowest BCUT2D eigenvalue weighted by molar-refractivity contribution is 0.560. The molecule has 0 amide bonds. The van der Waals surface area contributed by atoms with E-state index in [0.29, 0.717) is 11.7 Å². The molecule has 0 bridgehead atoms. The van der Waals surface area contributed by atoms with Crippen molar-refractivity contribution in [3.63, 3.8) is 0 Å². The Balaban J connectivity index is 2.04. The molecule has 2 aromatic rings. The monoisotopic (exact) mass is 216 g/mol. The number of hydrogen-bond acceptors (Lipinski definition) is 5. The van der Waals surface area contributed by atoms with Gasteiger partial charge in [-0.25, -0.2) is 15.4 Å². The first-order valence-corrected chi connectivity index (χ1v) is 4.89. The fraction of sp³-hybridized carbons (Fsp3) is 0.182. The van der Waals surface area contributed by atoms with Gasteiger partial charge in [0.15, 0.2) is 0 Å². The smallest absolute Gasteiger partial charge is 0.243 e. The van der Waals surface area contributed by atoms with Gasteiger partial charge in [0.1, 0.15) is 5.76 Å². The number of nitrogens with one attached hydrogen (secondary N) is 1. The van der Waals surface area contributed by atoms with Gasteiger partial charge in [0.2, 0.25) is 5.95 Å². The summed E-state index contributed by atoms with van der Waals surface area (Å²) in [6.07, 6.45) is 3.16. The summed E-state index contributed by atoms with van der Waals surface area (Å²) in [7, 11) is 0. The van der Waals surface area contributed by atoms with Crippen LogP contribution in [-0.2, 0) is 0 Å². The van der Waals surface area contributed by atoms with Gasteiger partial charge in [-0.05, 0) is 32.0 Å². The first kappa shape index (κ1) is 10.4. The fourth-order valence-corrected chi connectivity index (χ4v) is 1.29. The van der Waals surface area contributed by atoms with Crippen molar-refractivity contribution in [2.24, 2.45) is 5.10 Å². The lowest BCUT2D eigenvalue weighted by Gasteiger charge is -2.00.